The molecule has 2 amide bonds. The molecule has 0 unspecified atom stereocenters. The van der Waals surface area contributed by atoms with Gasteiger partial charge in [-0.15, -0.1) is 0 Å². The third-order valence-corrected chi connectivity index (χ3v) is 2.92. The Kier molecular flexibility index (Phi) is 4.32. The zero-order chi connectivity index (χ0) is 15.4. The van der Waals surface area contributed by atoms with E-state index in [1.807, 2.05) is 6.92 Å². The molecule has 1 heterocycles. The van der Waals surface area contributed by atoms with Gasteiger partial charge in [0, 0.05) is 5.56 Å². The van der Waals surface area contributed by atoms with E-state index in [9.17, 15) is 14.0 Å². The second kappa shape index (κ2) is 6.17. The molecule has 0 aliphatic heterocycles. The number of aromatic nitrogens is 2. The van der Waals surface area contributed by atoms with Crippen LogP contribution < -0.4 is 11.1 Å². The summed E-state index contributed by atoms with van der Waals surface area (Å²) in [4.78, 5) is 23.5. The maximum Gasteiger partial charge on any atom is 0.271 e. The number of nitrogens with zero attached hydrogens (tertiary/aromatic N) is 1. The van der Waals surface area contributed by atoms with Crippen LogP contribution in [0.5, 0.6) is 0 Å². The molecular weight excluding hydrogens is 275 g/mol. The van der Waals surface area contributed by atoms with Crippen molar-refractivity contribution in [1.82, 2.24) is 10.2 Å². The second-order valence-corrected chi connectivity index (χ2v) is 4.50. The molecule has 0 fully saturated rings. The van der Waals surface area contributed by atoms with E-state index in [1.165, 1.54) is 24.3 Å². The quantitative estimate of drug-likeness (QED) is 0.783. The maximum atomic E-state index is 12.9. The van der Waals surface area contributed by atoms with Crippen LogP contribution in [0.25, 0.3) is 0 Å². The molecule has 4 N–H and O–H groups in total. The zero-order valence-electron chi connectivity index (χ0n) is 11.4. The zero-order valence-corrected chi connectivity index (χ0v) is 11.4. The molecule has 2 aromatic rings. The summed E-state index contributed by atoms with van der Waals surface area (Å²) in [6, 6.07) is 5.08. The first kappa shape index (κ1) is 14.7. The first-order chi connectivity index (χ1) is 10.0. The van der Waals surface area contributed by atoms with Crippen molar-refractivity contribution in [3.8, 4) is 0 Å². The van der Waals surface area contributed by atoms with Crippen LogP contribution in [-0.4, -0.2) is 22.0 Å². The van der Waals surface area contributed by atoms with Crippen LogP contribution in [0.4, 0.5) is 10.1 Å². The van der Waals surface area contributed by atoms with E-state index in [0.717, 1.165) is 6.42 Å². The number of nitrogens with one attached hydrogen (secondary N) is 2. The molecule has 6 nitrogen and oxygen atoms in total. The number of anilines is 1. The number of primary amides is 1. The van der Waals surface area contributed by atoms with Gasteiger partial charge in [-0.2, -0.15) is 5.10 Å². The lowest BCUT2D eigenvalue weighted by molar-refractivity contribution is 0.0996. The Bertz CT molecular complexity index is 664. The van der Waals surface area contributed by atoms with Crippen LogP contribution in [0.15, 0.2) is 24.3 Å². The van der Waals surface area contributed by atoms with Gasteiger partial charge in [0.05, 0.1) is 11.4 Å². The van der Waals surface area contributed by atoms with E-state index in [1.54, 1.807) is 0 Å². The highest BCUT2D eigenvalue weighted by Crippen LogP contribution is 2.20. The van der Waals surface area contributed by atoms with Gasteiger partial charge in [-0.3, -0.25) is 14.7 Å². The molecule has 0 spiro atoms. The number of hydrogen-bond acceptors (Lipinski definition) is 3. The molecule has 0 saturated carbocycles. The lowest BCUT2D eigenvalue weighted by Crippen LogP contribution is -2.18. The van der Waals surface area contributed by atoms with E-state index < -0.39 is 17.6 Å². The molecule has 110 valence electrons. The predicted octanol–water partition coefficient (Wildman–Crippen LogP) is 1.85. The lowest BCUT2D eigenvalue weighted by atomic mass is 10.1. The summed E-state index contributed by atoms with van der Waals surface area (Å²) in [5, 5.41) is 9.12. The van der Waals surface area contributed by atoms with E-state index in [0.29, 0.717) is 12.1 Å². The van der Waals surface area contributed by atoms with Gasteiger partial charge in [-0.25, -0.2) is 4.39 Å². The van der Waals surface area contributed by atoms with Gasteiger partial charge < -0.3 is 11.1 Å². The summed E-state index contributed by atoms with van der Waals surface area (Å²) in [6.07, 6.45) is 1.42. The van der Waals surface area contributed by atoms with Gasteiger partial charge in [0.15, 0.2) is 5.69 Å². The van der Waals surface area contributed by atoms with Crippen molar-refractivity contribution in [2.75, 3.05) is 5.32 Å². The normalized spacial score (nSPS) is 10.4. The lowest BCUT2D eigenvalue weighted by Gasteiger charge is -2.07. The largest absolute Gasteiger partial charge is 0.364 e. The number of nitrogens with two attached hydrogens (primary N) is 1. The minimum Gasteiger partial charge on any atom is -0.364 e. The number of aryl methyl sites for hydroxylation is 1. The Labute approximate surface area is 120 Å². The molecular formula is C14H15FN4O2. The van der Waals surface area contributed by atoms with Crippen LogP contribution in [0.3, 0.4) is 0 Å². The fourth-order valence-electron chi connectivity index (χ4n) is 1.91. The first-order valence-corrected chi connectivity index (χ1v) is 6.47. The maximum absolute atomic E-state index is 12.9. The summed E-state index contributed by atoms with van der Waals surface area (Å²) in [5.74, 6) is -1.63. The second-order valence-electron chi connectivity index (χ2n) is 4.50. The Hall–Kier alpha value is -2.70. The summed E-state index contributed by atoms with van der Waals surface area (Å²) in [7, 11) is 0. The van der Waals surface area contributed by atoms with Crippen molar-refractivity contribution in [3.05, 3.63) is 47.0 Å². The average Bonchev–Trinajstić information content (AvgIpc) is 2.83. The van der Waals surface area contributed by atoms with Crippen molar-refractivity contribution in [3.63, 3.8) is 0 Å². The van der Waals surface area contributed by atoms with Gasteiger partial charge >= 0.3 is 0 Å². The monoisotopic (exact) mass is 290 g/mol. The number of carbonyl (C=O) groups is 2. The number of H-pyrrole nitrogens is 1. The van der Waals surface area contributed by atoms with Gasteiger partial charge in [0.25, 0.3) is 11.8 Å². The standard InChI is InChI=1S/C14H15FN4O2/c1-2-3-10-11(12(13(16)20)19-18-10)17-14(21)8-4-6-9(15)7-5-8/h4-7H,2-3H2,1H3,(H2,16,20)(H,17,21)(H,18,19). The number of halogens is 1. The minimum absolute atomic E-state index is 0.0195. The van der Waals surface area contributed by atoms with E-state index in [4.69, 9.17) is 5.73 Å². The number of carbonyl (C=O) groups excluding carboxylic acids is 2. The highest BCUT2D eigenvalue weighted by atomic mass is 19.1. The van der Waals surface area contributed by atoms with E-state index in [2.05, 4.69) is 15.5 Å². The van der Waals surface area contributed by atoms with Gasteiger partial charge in [0.1, 0.15) is 5.82 Å². The van der Waals surface area contributed by atoms with Crippen molar-refractivity contribution in [1.29, 1.82) is 0 Å². The fraction of sp³-hybridized carbons (Fsp3) is 0.214. The van der Waals surface area contributed by atoms with Crippen molar-refractivity contribution >= 4 is 17.5 Å². The molecule has 0 radical (unpaired) electrons. The van der Waals surface area contributed by atoms with Crippen molar-refractivity contribution < 1.29 is 14.0 Å². The molecule has 0 saturated heterocycles. The topological polar surface area (TPSA) is 101 Å². The molecule has 2 rings (SSSR count). The predicted molar refractivity (Wildman–Crippen MR) is 75.5 cm³/mol. The third kappa shape index (κ3) is 3.25. The molecule has 1 aromatic heterocycles. The Morgan fingerprint density at radius 1 is 1.33 bits per heavy atom. The first-order valence-electron chi connectivity index (χ1n) is 6.47. The molecule has 0 bridgehead atoms. The smallest absolute Gasteiger partial charge is 0.271 e. The Morgan fingerprint density at radius 3 is 2.57 bits per heavy atom. The minimum atomic E-state index is -0.733. The van der Waals surface area contributed by atoms with Crippen LogP contribution in [0.2, 0.25) is 0 Å². The molecule has 0 atom stereocenters. The SMILES string of the molecule is CCCc1[nH]nc(C(N)=O)c1NC(=O)c1ccc(F)cc1. The fourth-order valence-corrected chi connectivity index (χ4v) is 1.91. The van der Waals surface area contributed by atoms with Crippen LogP contribution in [0.1, 0.15) is 39.9 Å². The van der Waals surface area contributed by atoms with Crippen LogP contribution in [0, 0.1) is 5.82 Å². The highest BCUT2D eigenvalue weighted by Gasteiger charge is 2.19. The van der Waals surface area contributed by atoms with Gasteiger partial charge in [-0.1, -0.05) is 13.3 Å². The Balaban J connectivity index is 2.29. The summed E-state index contributed by atoms with van der Waals surface area (Å²) < 4.78 is 12.9. The number of benzene rings is 1. The molecule has 21 heavy (non-hydrogen) atoms. The number of aromatic amines is 1. The molecule has 0 aliphatic rings. The Morgan fingerprint density at radius 2 is 2.00 bits per heavy atom. The number of rotatable bonds is 5. The summed E-state index contributed by atoms with van der Waals surface area (Å²) >= 11 is 0. The van der Waals surface area contributed by atoms with E-state index in [-0.39, 0.29) is 16.9 Å². The van der Waals surface area contributed by atoms with Crippen LogP contribution in [-0.2, 0) is 6.42 Å². The molecule has 0 aliphatic carbocycles. The highest BCUT2D eigenvalue weighted by molar-refractivity contribution is 6.08. The van der Waals surface area contributed by atoms with Crippen molar-refractivity contribution in [2.24, 2.45) is 5.73 Å². The van der Waals surface area contributed by atoms with E-state index >= 15 is 0 Å². The number of hydrogen-bond donors (Lipinski definition) is 3. The van der Waals surface area contributed by atoms with Gasteiger partial charge in [-0.05, 0) is 30.7 Å². The summed E-state index contributed by atoms with van der Waals surface area (Å²) in [6.45, 7) is 1.95. The van der Waals surface area contributed by atoms with Crippen LogP contribution >= 0.6 is 0 Å². The van der Waals surface area contributed by atoms with Crippen molar-refractivity contribution in [2.45, 2.75) is 19.8 Å². The molecule has 1 aromatic carbocycles. The average molecular weight is 290 g/mol. The summed E-state index contributed by atoms with van der Waals surface area (Å²) in [5.41, 5.74) is 6.39. The van der Waals surface area contributed by atoms with Gasteiger partial charge in [0.2, 0.25) is 0 Å². The number of amides is 2. The third-order valence-electron chi connectivity index (χ3n) is 2.92. The molecule has 7 heteroatoms.